The van der Waals surface area contributed by atoms with Gasteiger partial charge in [-0.05, 0) is 71.4 Å². The molecule has 0 N–H and O–H groups in total. The quantitative estimate of drug-likeness (QED) is 0.583. The Kier molecular flexibility index (Phi) is 7.39. The molecule has 7 heteroatoms. The van der Waals surface area contributed by atoms with Crippen molar-refractivity contribution in [2.45, 2.75) is 116 Å². The zero-order valence-electron chi connectivity index (χ0n) is 18.8. The number of halogens is 1. The van der Waals surface area contributed by atoms with Crippen molar-refractivity contribution >= 4 is 17.5 Å². The first-order valence-electron chi connectivity index (χ1n) is 11.3. The summed E-state index contributed by atoms with van der Waals surface area (Å²) in [6, 6.07) is 0.330. The van der Waals surface area contributed by atoms with Gasteiger partial charge in [-0.15, -0.1) is 0 Å². The maximum Gasteiger partial charge on any atom is 0.229 e. The summed E-state index contributed by atoms with van der Waals surface area (Å²) < 4.78 is 0. The minimum Gasteiger partial charge on any atom is -0.338 e. The second kappa shape index (κ2) is 9.44. The van der Waals surface area contributed by atoms with Crippen LogP contribution in [0.2, 0.25) is 5.28 Å². The molecule has 0 aromatic carbocycles. The lowest BCUT2D eigenvalue weighted by Gasteiger charge is -2.56. The number of hydrogen-bond donors (Lipinski definition) is 0. The van der Waals surface area contributed by atoms with Crippen LogP contribution in [0.25, 0.3) is 0 Å². The largest absolute Gasteiger partial charge is 0.338 e. The van der Waals surface area contributed by atoms with Gasteiger partial charge in [-0.3, -0.25) is 4.84 Å². The highest BCUT2D eigenvalue weighted by Gasteiger charge is 2.49. The number of piperidine rings is 1. The van der Waals surface area contributed by atoms with Crippen molar-refractivity contribution in [3.05, 3.63) is 11.6 Å². The Morgan fingerprint density at radius 3 is 2.34 bits per heavy atom. The molecule has 0 radical (unpaired) electrons. The van der Waals surface area contributed by atoms with Crippen molar-refractivity contribution < 1.29 is 4.84 Å². The van der Waals surface area contributed by atoms with Crippen molar-refractivity contribution in [1.82, 2.24) is 20.0 Å². The number of hydroxylamine groups is 2. The first-order valence-corrected chi connectivity index (χ1v) is 11.7. The van der Waals surface area contributed by atoms with E-state index in [2.05, 4.69) is 59.5 Å². The van der Waals surface area contributed by atoms with Gasteiger partial charge < -0.3 is 4.90 Å². The monoisotopic (exact) mass is 423 g/mol. The van der Waals surface area contributed by atoms with Crippen LogP contribution in [-0.2, 0) is 4.84 Å². The summed E-state index contributed by atoms with van der Waals surface area (Å²) in [5, 5.41) is 2.57. The Labute approximate surface area is 181 Å². The van der Waals surface area contributed by atoms with Crippen molar-refractivity contribution in [1.29, 1.82) is 0 Å². The Hall–Kier alpha value is -0.980. The molecule has 3 rings (SSSR count). The molecule has 1 aliphatic carbocycles. The fraction of sp³-hybridized carbons (Fsp3) is 0.864. The van der Waals surface area contributed by atoms with Crippen molar-refractivity contribution in [2.75, 3.05) is 11.4 Å². The van der Waals surface area contributed by atoms with Crippen molar-refractivity contribution in [3.8, 4) is 0 Å². The molecular formula is C22H38ClN5O. The van der Waals surface area contributed by atoms with Crippen LogP contribution in [0.5, 0.6) is 0 Å². The second-order valence-corrected chi connectivity index (χ2v) is 10.3. The zero-order chi connectivity index (χ0) is 21.1. The highest BCUT2D eigenvalue weighted by molar-refractivity contribution is 6.28. The zero-order valence-corrected chi connectivity index (χ0v) is 19.6. The highest BCUT2D eigenvalue weighted by atomic mass is 35.5. The second-order valence-electron chi connectivity index (χ2n) is 9.95. The van der Waals surface area contributed by atoms with Gasteiger partial charge in [0.15, 0.2) is 0 Å². The molecule has 1 saturated carbocycles. The van der Waals surface area contributed by atoms with E-state index in [4.69, 9.17) is 16.4 Å². The van der Waals surface area contributed by atoms with E-state index in [0.29, 0.717) is 18.1 Å². The van der Waals surface area contributed by atoms with Crippen molar-refractivity contribution in [2.24, 2.45) is 0 Å². The molecule has 2 fully saturated rings. The lowest BCUT2D eigenvalue weighted by molar-refractivity contribution is -0.310. The number of rotatable bonds is 7. The first kappa shape index (κ1) is 22.7. The standard InChI is InChI=1S/C22H38ClN5O/c1-6-7-13-27(20-25-16-24-19(23)26-20)17-14-21(2,3)28(22(4,5)15-17)29-18-11-9-8-10-12-18/h16-18H,6-15H2,1-5H3. The van der Waals surface area contributed by atoms with Gasteiger partial charge in [-0.2, -0.15) is 10.0 Å². The highest BCUT2D eigenvalue weighted by Crippen LogP contribution is 2.42. The molecule has 1 saturated heterocycles. The summed E-state index contributed by atoms with van der Waals surface area (Å²) >= 11 is 6.09. The average molecular weight is 424 g/mol. The smallest absolute Gasteiger partial charge is 0.229 e. The van der Waals surface area contributed by atoms with Crippen LogP contribution < -0.4 is 4.90 Å². The molecule has 0 spiro atoms. The first-order chi connectivity index (χ1) is 13.7. The van der Waals surface area contributed by atoms with E-state index in [1.165, 1.54) is 38.4 Å². The number of nitrogens with zero attached hydrogens (tertiary/aromatic N) is 5. The van der Waals surface area contributed by atoms with Gasteiger partial charge in [0.1, 0.15) is 6.33 Å². The fourth-order valence-electron chi connectivity index (χ4n) is 5.22. The molecule has 2 aliphatic rings. The third-order valence-corrected chi connectivity index (χ3v) is 6.54. The third kappa shape index (κ3) is 5.59. The molecule has 6 nitrogen and oxygen atoms in total. The van der Waals surface area contributed by atoms with Crippen LogP contribution in [0.4, 0.5) is 5.95 Å². The van der Waals surface area contributed by atoms with E-state index >= 15 is 0 Å². The molecule has 164 valence electrons. The molecule has 1 aliphatic heterocycles. The van der Waals surface area contributed by atoms with E-state index in [1.807, 2.05) is 0 Å². The molecule has 1 aromatic rings. The van der Waals surface area contributed by atoms with Gasteiger partial charge >= 0.3 is 0 Å². The Bertz CT molecular complexity index is 644. The van der Waals surface area contributed by atoms with E-state index in [-0.39, 0.29) is 16.4 Å². The van der Waals surface area contributed by atoms with Crippen LogP contribution in [0, 0.1) is 0 Å². The van der Waals surface area contributed by atoms with Gasteiger partial charge in [-0.1, -0.05) is 32.6 Å². The van der Waals surface area contributed by atoms with Crippen LogP contribution in [0.3, 0.4) is 0 Å². The Balaban J connectivity index is 1.81. The Morgan fingerprint density at radius 1 is 1.10 bits per heavy atom. The van der Waals surface area contributed by atoms with Gasteiger partial charge in [0.05, 0.1) is 6.10 Å². The normalized spacial score (nSPS) is 23.2. The minimum atomic E-state index is -0.0782. The van der Waals surface area contributed by atoms with E-state index in [0.717, 1.165) is 32.2 Å². The molecule has 0 amide bonds. The summed E-state index contributed by atoms with van der Waals surface area (Å²) in [4.78, 5) is 21.8. The van der Waals surface area contributed by atoms with Crippen LogP contribution in [-0.4, -0.2) is 49.8 Å². The number of unbranched alkanes of at least 4 members (excludes halogenated alkanes) is 1. The van der Waals surface area contributed by atoms with Crippen LogP contribution in [0.15, 0.2) is 6.33 Å². The van der Waals surface area contributed by atoms with Gasteiger partial charge in [0.2, 0.25) is 11.2 Å². The van der Waals surface area contributed by atoms with Crippen molar-refractivity contribution in [3.63, 3.8) is 0 Å². The van der Waals surface area contributed by atoms with Gasteiger partial charge in [0, 0.05) is 23.7 Å². The Morgan fingerprint density at radius 2 is 1.76 bits per heavy atom. The minimum absolute atomic E-state index is 0.0782. The van der Waals surface area contributed by atoms with Gasteiger partial charge in [0.25, 0.3) is 0 Å². The fourth-order valence-corrected chi connectivity index (χ4v) is 5.34. The number of anilines is 1. The number of aromatic nitrogens is 3. The molecule has 0 bridgehead atoms. The summed E-state index contributed by atoms with van der Waals surface area (Å²) in [5.41, 5.74) is -0.156. The van der Waals surface area contributed by atoms with Crippen LogP contribution in [0.1, 0.15) is 92.4 Å². The third-order valence-electron chi connectivity index (χ3n) is 6.36. The molecule has 1 aromatic heterocycles. The molecule has 0 atom stereocenters. The van der Waals surface area contributed by atoms with E-state index in [1.54, 1.807) is 0 Å². The molecule has 29 heavy (non-hydrogen) atoms. The van der Waals surface area contributed by atoms with E-state index in [9.17, 15) is 0 Å². The predicted molar refractivity (Wildman–Crippen MR) is 118 cm³/mol. The molecule has 2 heterocycles. The predicted octanol–water partition coefficient (Wildman–Crippen LogP) is 5.42. The lowest BCUT2D eigenvalue weighted by Crippen LogP contribution is -2.65. The lowest BCUT2D eigenvalue weighted by atomic mass is 9.78. The molecular weight excluding hydrogens is 386 g/mol. The SMILES string of the molecule is CCCCN(c1ncnc(Cl)n1)C1CC(C)(C)N(OC2CCCCC2)C(C)(C)C1. The van der Waals surface area contributed by atoms with E-state index < -0.39 is 0 Å². The maximum atomic E-state index is 6.65. The topological polar surface area (TPSA) is 54.4 Å². The maximum absolute atomic E-state index is 6.65. The summed E-state index contributed by atoms with van der Waals surface area (Å²) in [5.74, 6) is 0.691. The molecule has 0 unspecified atom stereocenters. The average Bonchev–Trinajstić information content (AvgIpc) is 2.65. The summed E-state index contributed by atoms with van der Waals surface area (Å²) in [6.45, 7) is 12.4. The summed E-state index contributed by atoms with van der Waals surface area (Å²) in [6.07, 6.45) is 12.4. The van der Waals surface area contributed by atoms with Crippen LogP contribution >= 0.6 is 11.6 Å². The summed E-state index contributed by atoms with van der Waals surface area (Å²) in [7, 11) is 0. The van der Waals surface area contributed by atoms with Gasteiger partial charge in [-0.25, -0.2) is 9.97 Å². The number of hydrogen-bond acceptors (Lipinski definition) is 6.